The first-order chi connectivity index (χ1) is 8.46. The maximum absolute atomic E-state index is 9.60. The van der Waals surface area contributed by atoms with Crippen molar-refractivity contribution in [3.05, 3.63) is 35.4 Å². The molecule has 5 heteroatoms. The SMILES string of the molecule is CC(C)(C)OC=O.N#Cc1ccc(C2NO2)cc1. The van der Waals surface area contributed by atoms with Gasteiger partial charge in [0.2, 0.25) is 0 Å². The van der Waals surface area contributed by atoms with Gasteiger partial charge in [-0.25, -0.2) is 0 Å². The number of nitrogens with one attached hydrogen (secondary N) is 1. The smallest absolute Gasteiger partial charge is 0.293 e. The van der Waals surface area contributed by atoms with E-state index in [1.807, 2.05) is 32.9 Å². The molecule has 0 spiro atoms. The van der Waals surface area contributed by atoms with Crippen LogP contribution in [0.2, 0.25) is 0 Å². The standard InChI is InChI=1S/C8H6N2O.C5H10O2/c9-5-6-1-3-7(4-2-6)8-10-11-8;1-5(2,3)7-4-6/h1-4,8,10H;4H,1-3H3. The second-order valence-electron chi connectivity index (χ2n) is 4.68. The molecule has 5 nitrogen and oxygen atoms in total. The maximum atomic E-state index is 9.60. The van der Waals surface area contributed by atoms with E-state index in [0.29, 0.717) is 12.0 Å². The van der Waals surface area contributed by atoms with E-state index in [4.69, 9.17) is 10.1 Å². The number of nitrogens with zero attached hydrogens (tertiary/aromatic N) is 1. The number of benzene rings is 1. The van der Waals surface area contributed by atoms with Gasteiger partial charge in [0.05, 0.1) is 11.6 Å². The Balaban J connectivity index is 0.000000203. The molecule has 0 radical (unpaired) electrons. The van der Waals surface area contributed by atoms with Gasteiger partial charge in [0.1, 0.15) is 5.60 Å². The number of carbonyl (C=O) groups excluding carboxylic acids is 1. The molecular formula is C13H16N2O3. The van der Waals surface area contributed by atoms with E-state index in [1.165, 1.54) is 0 Å². The van der Waals surface area contributed by atoms with E-state index in [0.717, 1.165) is 5.56 Å². The van der Waals surface area contributed by atoms with Crippen molar-refractivity contribution in [3.63, 3.8) is 0 Å². The second kappa shape index (κ2) is 6.15. The summed E-state index contributed by atoms with van der Waals surface area (Å²) in [7, 11) is 0. The molecule has 0 aromatic heterocycles. The van der Waals surface area contributed by atoms with Crippen molar-refractivity contribution in [1.29, 1.82) is 5.26 Å². The molecule has 1 atom stereocenters. The largest absolute Gasteiger partial charge is 0.462 e. The van der Waals surface area contributed by atoms with Crippen LogP contribution in [0.15, 0.2) is 24.3 Å². The minimum absolute atomic E-state index is 0.0442. The Bertz CT molecular complexity index is 425. The highest BCUT2D eigenvalue weighted by Gasteiger charge is 2.23. The van der Waals surface area contributed by atoms with Crippen LogP contribution >= 0.6 is 0 Å². The first-order valence-electron chi connectivity index (χ1n) is 5.49. The topological polar surface area (TPSA) is 84.6 Å². The fraction of sp³-hybridized carbons (Fsp3) is 0.385. The summed E-state index contributed by atoms with van der Waals surface area (Å²) in [6.45, 7) is 5.92. The van der Waals surface area contributed by atoms with Crippen LogP contribution in [0, 0.1) is 11.3 Å². The molecule has 1 aromatic carbocycles. The third-order valence-electron chi connectivity index (χ3n) is 1.98. The molecular weight excluding hydrogens is 232 g/mol. The molecule has 2 rings (SSSR count). The van der Waals surface area contributed by atoms with E-state index in [9.17, 15) is 4.79 Å². The van der Waals surface area contributed by atoms with Gasteiger partial charge in [-0.2, -0.15) is 10.7 Å². The molecule has 0 aliphatic carbocycles. The van der Waals surface area contributed by atoms with Gasteiger partial charge in [-0.05, 0) is 38.5 Å². The van der Waals surface area contributed by atoms with Gasteiger partial charge in [0, 0.05) is 0 Å². The lowest BCUT2D eigenvalue weighted by Crippen LogP contribution is -2.17. The van der Waals surface area contributed by atoms with Gasteiger partial charge in [-0.3, -0.25) is 9.63 Å². The summed E-state index contributed by atoms with van der Waals surface area (Å²) >= 11 is 0. The fourth-order valence-electron chi connectivity index (χ4n) is 1.05. The minimum atomic E-state index is -0.318. The number of nitriles is 1. The van der Waals surface area contributed by atoms with Crippen LogP contribution in [0.3, 0.4) is 0 Å². The normalized spacial score (nSPS) is 16.9. The third-order valence-corrected chi connectivity index (χ3v) is 1.98. The van der Waals surface area contributed by atoms with Crippen molar-refractivity contribution in [2.45, 2.75) is 32.6 Å². The van der Waals surface area contributed by atoms with Crippen molar-refractivity contribution >= 4 is 6.47 Å². The van der Waals surface area contributed by atoms with Crippen LogP contribution in [0.4, 0.5) is 0 Å². The molecule has 1 N–H and O–H groups in total. The first kappa shape index (κ1) is 14.2. The number of hydroxylamine groups is 1. The molecule has 1 aliphatic rings. The lowest BCUT2D eigenvalue weighted by atomic mass is 10.1. The van der Waals surface area contributed by atoms with Gasteiger partial charge in [0.15, 0.2) is 6.23 Å². The van der Waals surface area contributed by atoms with Crippen molar-refractivity contribution in [3.8, 4) is 6.07 Å². The number of hydrogen-bond donors (Lipinski definition) is 1. The van der Waals surface area contributed by atoms with E-state index in [2.05, 4.69) is 16.3 Å². The molecule has 1 saturated heterocycles. The van der Waals surface area contributed by atoms with E-state index < -0.39 is 0 Å². The quantitative estimate of drug-likeness (QED) is 0.639. The molecule has 0 saturated carbocycles. The zero-order valence-electron chi connectivity index (χ0n) is 10.6. The third kappa shape index (κ3) is 5.43. The zero-order valence-corrected chi connectivity index (χ0v) is 10.6. The number of rotatable bonds is 2. The first-order valence-corrected chi connectivity index (χ1v) is 5.49. The summed E-state index contributed by atoms with van der Waals surface area (Å²) < 4.78 is 4.55. The molecule has 1 aromatic rings. The lowest BCUT2D eigenvalue weighted by Gasteiger charge is -2.14. The number of hydrogen-bond acceptors (Lipinski definition) is 5. The molecule has 0 bridgehead atoms. The van der Waals surface area contributed by atoms with Crippen molar-refractivity contribution in [1.82, 2.24) is 5.48 Å². The highest BCUT2D eigenvalue weighted by atomic mass is 16.8. The van der Waals surface area contributed by atoms with Crippen molar-refractivity contribution < 1.29 is 14.4 Å². The van der Waals surface area contributed by atoms with Crippen LogP contribution in [-0.2, 0) is 14.4 Å². The Kier molecular flexibility index (Phi) is 4.84. The number of ether oxygens (including phenoxy) is 1. The molecule has 0 amide bonds. The van der Waals surface area contributed by atoms with Gasteiger partial charge >= 0.3 is 0 Å². The van der Waals surface area contributed by atoms with Gasteiger partial charge < -0.3 is 4.74 Å². The predicted molar refractivity (Wildman–Crippen MR) is 65.0 cm³/mol. The minimum Gasteiger partial charge on any atom is -0.462 e. The summed E-state index contributed by atoms with van der Waals surface area (Å²) in [5.41, 5.74) is 4.12. The Labute approximate surface area is 106 Å². The zero-order chi connectivity index (χ0) is 13.6. The molecule has 1 unspecified atom stereocenters. The van der Waals surface area contributed by atoms with Gasteiger partial charge in [-0.1, -0.05) is 12.1 Å². The second-order valence-corrected chi connectivity index (χ2v) is 4.68. The Morgan fingerprint density at radius 2 is 1.94 bits per heavy atom. The summed E-state index contributed by atoms with van der Waals surface area (Å²) in [6.07, 6.45) is 0.0442. The lowest BCUT2D eigenvalue weighted by molar-refractivity contribution is -0.138. The average molecular weight is 248 g/mol. The summed E-state index contributed by atoms with van der Waals surface area (Å²) in [5.74, 6) is 0. The van der Waals surface area contributed by atoms with Gasteiger partial charge in [-0.15, -0.1) is 0 Å². The Morgan fingerprint density at radius 1 is 1.39 bits per heavy atom. The van der Waals surface area contributed by atoms with Gasteiger partial charge in [0.25, 0.3) is 6.47 Å². The van der Waals surface area contributed by atoms with E-state index in [1.54, 1.807) is 12.1 Å². The summed E-state index contributed by atoms with van der Waals surface area (Å²) in [6, 6.07) is 9.36. The molecule has 1 aliphatic heterocycles. The molecule has 1 heterocycles. The van der Waals surface area contributed by atoms with Crippen molar-refractivity contribution in [2.24, 2.45) is 0 Å². The highest BCUT2D eigenvalue weighted by molar-refractivity contribution is 5.37. The van der Waals surface area contributed by atoms with Crippen LogP contribution in [0.5, 0.6) is 0 Å². The van der Waals surface area contributed by atoms with E-state index >= 15 is 0 Å². The van der Waals surface area contributed by atoms with E-state index in [-0.39, 0.29) is 11.8 Å². The Morgan fingerprint density at radius 3 is 2.22 bits per heavy atom. The van der Waals surface area contributed by atoms with Crippen LogP contribution in [0.25, 0.3) is 0 Å². The van der Waals surface area contributed by atoms with Crippen LogP contribution < -0.4 is 5.48 Å². The maximum Gasteiger partial charge on any atom is 0.293 e. The molecule has 18 heavy (non-hydrogen) atoms. The monoisotopic (exact) mass is 248 g/mol. The average Bonchev–Trinajstić information content (AvgIpc) is 3.12. The van der Waals surface area contributed by atoms with Crippen molar-refractivity contribution in [2.75, 3.05) is 0 Å². The fourth-order valence-corrected chi connectivity index (χ4v) is 1.05. The Hall–Kier alpha value is -1.90. The molecule has 1 fully saturated rings. The number of carbonyl (C=O) groups is 1. The predicted octanol–water partition coefficient (Wildman–Crippen LogP) is 2.05. The van der Waals surface area contributed by atoms with Crippen LogP contribution in [0.1, 0.15) is 38.1 Å². The summed E-state index contributed by atoms with van der Waals surface area (Å²) in [5, 5.41) is 8.49. The van der Waals surface area contributed by atoms with Crippen LogP contribution in [-0.4, -0.2) is 12.1 Å². The summed E-state index contributed by atoms with van der Waals surface area (Å²) in [4.78, 5) is 14.4. The highest BCUT2D eigenvalue weighted by Crippen LogP contribution is 2.22. The molecule has 96 valence electrons.